The van der Waals surface area contributed by atoms with E-state index in [1.165, 1.54) is 0 Å². The summed E-state index contributed by atoms with van der Waals surface area (Å²) in [5, 5.41) is 0. The highest BCUT2D eigenvalue weighted by molar-refractivity contribution is 6.75. The molecule has 0 heterocycles. The predicted octanol–water partition coefficient (Wildman–Crippen LogP) is 3.54. The molecule has 0 aromatic heterocycles. The van der Waals surface area contributed by atoms with Gasteiger partial charge in [-0.3, -0.25) is 0 Å². The summed E-state index contributed by atoms with van der Waals surface area (Å²) < 4.78 is 11.3. The first-order valence-corrected chi connectivity index (χ1v) is 8.32. The second-order valence-corrected chi connectivity index (χ2v) is 7.59. The van der Waals surface area contributed by atoms with Crippen molar-refractivity contribution in [2.75, 3.05) is 19.8 Å². The Hall–Kier alpha value is -0.643. The van der Waals surface area contributed by atoms with Crippen LogP contribution >= 0.6 is 0 Å². The molecule has 3 heteroatoms. The number of rotatable bonds is 11. The van der Waals surface area contributed by atoms with E-state index in [0.29, 0.717) is 13.2 Å². The molecule has 0 unspecified atom stereocenters. The van der Waals surface area contributed by atoms with Gasteiger partial charge in [-0.2, -0.15) is 0 Å². The summed E-state index contributed by atoms with van der Waals surface area (Å²) >= 11 is 0. The lowest BCUT2D eigenvalue weighted by atomic mass is 10.7. The number of ether oxygens (including phenoxy) is 1. The first kappa shape index (κ1) is 15.4. The fourth-order valence-electron chi connectivity index (χ4n) is 1.68. The van der Waals surface area contributed by atoms with Crippen LogP contribution in [-0.4, -0.2) is 28.1 Å². The highest BCUT2D eigenvalue weighted by atomic mass is 28.4. The van der Waals surface area contributed by atoms with E-state index in [9.17, 15) is 0 Å². The van der Waals surface area contributed by atoms with Crippen molar-refractivity contribution in [1.29, 1.82) is 0 Å². The van der Waals surface area contributed by atoms with Gasteiger partial charge in [-0.1, -0.05) is 18.2 Å². The van der Waals surface area contributed by atoms with Crippen molar-refractivity contribution in [2.24, 2.45) is 0 Å². The van der Waals surface area contributed by atoms with E-state index in [0.717, 1.165) is 24.7 Å². The van der Waals surface area contributed by atoms with Gasteiger partial charge in [0.2, 0.25) is 8.32 Å². The maximum Gasteiger partial charge on any atom is 0.203 e. The van der Waals surface area contributed by atoms with Gasteiger partial charge in [0.25, 0.3) is 0 Å². The average Bonchev–Trinajstić information content (AvgIpc) is 2.26. The van der Waals surface area contributed by atoms with Crippen LogP contribution in [0.3, 0.4) is 0 Å². The summed E-state index contributed by atoms with van der Waals surface area (Å²) in [4.78, 5) is 0. The molecule has 0 aliphatic rings. The van der Waals surface area contributed by atoms with Crippen molar-refractivity contribution < 1.29 is 9.16 Å². The smallest absolute Gasteiger partial charge is 0.203 e. The minimum Gasteiger partial charge on any atom is -0.414 e. The molecular formula is C13H24O2Si. The molecule has 92 valence electrons. The summed E-state index contributed by atoms with van der Waals surface area (Å²) in [6.07, 6.45) is 5.83. The third kappa shape index (κ3) is 6.05. The van der Waals surface area contributed by atoms with Crippen LogP contribution in [0.25, 0.3) is 0 Å². The van der Waals surface area contributed by atoms with Crippen LogP contribution in [0.5, 0.6) is 0 Å². The average molecular weight is 240 g/mol. The predicted molar refractivity (Wildman–Crippen MR) is 73.2 cm³/mol. The van der Waals surface area contributed by atoms with Crippen LogP contribution in [-0.2, 0) is 9.16 Å². The SMILES string of the molecule is C=CC[Si](CC=C)(CC=C)OCCOCC. The molecule has 0 aromatic rings. The number of hydrogen-bond donors (Lipinski definition) is 0. The largest absolute Gasteiger partial charge is 0.414 e. The lowest BCUT2D eigenvalue weighted by molar-refractivity contribution is 0.106. The van der Waals surface area contributed by atoms with Gasteiger partial charge in [0.05, 0.1) is 13.2 Å². The van der Waals surface area contributed by atoms with Crippen LogP contribution in [0, 0.1) is 0 Å². The van der Waals surface area contributed by atoms with Gasteiger partial charge in [0, 0.05) is 6.61 Å². The van der Waals surface area contributed by atoms with Crippen LogP contribution in [0.2, 0.25) is 18.1 Å². The van der Waals surface area contributed by atoms with Gasteiger partial charge in [-0.25, -0.2) is 0 Å². The Bertz CT molecular complexity index is 187. The summed E-state index contributed by atoms with van der Waals surface area (Å²) in [7, 11) is -1.78. The highest BCUT2D eigenvalue weighted by Crippen LogP contribution is 2.24. The van der Waals surface area contributed by atoms with E-state index in [4.69, 9.17) is 9.16 Å². The van der Waals surface area contributed by atoms with Gasteiger partial charge in [-0.05, 0) is 25.1 Å². The van der Waals surface area contributed by atoms with Crippen LogP contribution in [0.15, 0.2) is 38.0 Å². The molecule has 0 fully saturated rings. The molecule has 0 aromatic carbocycles. The first-order chi connectivity index (χ1) is 7.74. The second-order valence-electron chi connectivity index (χ2n) is 3.71. The number of allylic oxidation sites excluding steroid dienone is 3. The van der Waals surface area contributed by atoms with Gasteiger partial charge < -0.3 is 9.16 Å². The molecule has 0 atom stereocenters. The van der Waals surface area contributed by atoms with Crippen molar-refractivity contribution in [3.63, 3.8) is 0 Å². The summed E-state index contributed by atoms with van der Waals surface area (Å²) in [5.41, 5.74) is 0. The van der Waals surface area contributed by atoms with E-state index >= 15 is 0 Å². The third-order valence-electron chi connectivity index (χ3n) is 2.39. The maximum atomic E-state index is 6.05. The van der Waals surface area contributed by atoms with E-state index < -0.39 is 8.32 Å². The molecule has 0 bridgehead atoms. The zero-order valence-corrected chi connectivity index (χ0v) is 11.4. The van der Waals surface area contributed by atoms with Crippen molar-refractivity contribution in [2.45, 2.75) is 25.1 Å². The maximum absolute atomic E-state index is 6.05. The zero-order chi connectivity index (χ0) is 12.3. The molecular weight excluding hydrogens is 216 g/mol. The quantitative estimate of drug-likeness (QED) is 0.312. The van der Waals surface area contributed by atoms with E-state index in [-0.39, 0.29) is 0 Å². The van der Waals surface area contributed by atoms with Crippen LogP contribution < -0.4 is 0 Å². The van der Waals surface area contributed by atoms with E-state index in [2.05, 4.69) is 19.7 Å². The Morgan fingerprint density at radius 2 is 1.44 bits per heavy atom. The summed E-state index contributed by atoms with van der Waals surface area (Å²) in [6, 6.07) is 2.82. The Labute approximate surface area is 101 Å². The van der Waals surface area contributed by atoms with Crippen molar-refractivity contribution in [3.8, 4) is 0 Å². The fourth-order valence-corrected chi connectivity index (χ4v) is 4.63. The van der Waals surface area contributed by atoms with E-state index in [1.807, 2.05) is 25.2 Å². The van der Waals surface area contributed by atoms with Gasteiger partial charge in [0.15, 0.2) is 0 Å². The minimum absolute atomic E-state index is 0.662. The number of hydrogen-bond acceptors (Lipinski definition) is 2. The third-order valence-corrected chi connectivity index (χ3v) is 6.30. The topological polar surface area (TPSA) is 18.5 Å². The molecule has 16 heavy (non-hydrogen) atoms. The standard InChI is InChI=1S/C13H24O2Si/c1-5-11-16(12-6-2,13-7-3)15-10-9-14-8-4/h5-7H,1-3,8-13H2,4H3. The van der Waals surface area contributed by atoms with Gasteiger partial charge in [0.1, 0.15) is 0 Å². The molecule has 0 saturated carbocycles. The van der Waals surface area contributed by atoms with Crippen LogP contribution in [0.4, 0.5) is 0 Å². The molecule has 0 aliphatic heterocycles. The Morgan fingerprint density at radius 3 is 1.81 bits per heavy atom. The summed E-state index contributed by atoms with van der Waals surface area (Å²) in [6.45, 7) is 15.5. The minimum atomic E-state index is -1.78. The van der Waals surface area contributed by atoms with Gasteiger partial charge >= 0.3 is 0 Å². The molecule has 2 nitrogen and oxygen atoms in total. The zero-order valence-electron chi connectivity index (χ0n) is 10.4. The lowest BCUT2D eigenvalue weighted by Gasteiger charge is -2.28. The molecule has 0 N–H and O–H groups in total. The molecule has 0 amide bonds. The first-order valence-electron chi connectivity index (χ1n) is 5.79. The van der Waals surface area contributed by atoms with Crippen molar-refractivity contribution in [1.82, 2.24) is 0 Å². The molecule has 0 rings (SSSR count). The van der Waals surface area contributed by atoms with E-state index in [1.54, 1.807) is 0 Å². The van der Waals surface area contributed by atoms with Gasteiger partial charge in [-0.15, -0.1) is 19.7 Å². The lowest BCUT2D eigenvalue weighted by Crippen LogP contribution is -2.37. The second kappa shape index (κ2) is 9.57. The Morgan fingerprint density at radius 1 is 0.938 bits per heavy atom. The van der Waals surface area contributed by atoms with Crippen molar-refractivity contribution in [3.05, 3.63) is 38.0 Å². The highest BCUT2D eigenvalue weighted by Gasteiger charge is 2.30. The Kier molecular flexibility index (Phi) is 9.19. The normalized spacial score (nSPS) is 11.1. The molecule has 0 saturated heterocycles. The van der Waals surface area contributed by atoms with Crippen molar-refractivity contribution >= 4 is 8.32 Å². The molecule has 0 spiro atoms. The molecule has 0 aliphatic carbocycles. The molecule has 0 radical (unpaired) electrons. The van der Waals surface area contributed by atoms with Crippen LogP contribution in [0.1, 0.15) is 6.92 Å². The fraction of sp³-hybridized carbons (Fsp3) is 0.538. The summed E-state index contributed by atoms with van der Waals surface area (Å²) in [5.74, 6) is 0. The Balaban J connectivity index is 4.28. The monoisotopic (exact) mass is 240 g/mol.